The molecule has 2 bridgehead atoms. The molecular weight excluding hydrogens is 170 g/mol. The number of aliphatic carboxylic acids is 1. The van der Waals surface area contributed by atoms with Crippen molar-refractivity contribution in [3.8, 4) is 0 Å². The molecule has 74 valence electrons. The summed E-state index contributed by atoms with van der Waals surface area (Å²) in [6.07, 6.45) is 3.40. The standard InChI is InChI=1S/C9H15NO3/c11-8-3-6-1-2-7(4-8)10(6)5-9(12)13/h6-8,11H,1-5H2,(H,12,13)/t6-,7-/m1/s1. The number of carboxylic acid groups (broad SMARTS) is 1. The van der Waals surface area contributed by atoms with E-state index in [-0.39, 0.29) is 12.6 Å². The van der Waals surface area contributed by atoms with Crippen LogP contribution in [0.1, 0.15) is 25.7 Å². The molecular formula is C9H15NO3. The van der Waals surface area contributed by atoms with Gasteiger partial charge in [0.1, 0.15) is 0 Å². The predicted molar refractivity (Wildman–Crippen MR) is 46.4 cm³/mol. The second-order valence-electron chi connectivity index (χ2n) is 4.08. The van der Waals surface area contributed by atoms with Gasteiger partial charge in [-0.05, 0) is 25.7 Å². The van der Waals surface area contributed by atoms with E-state index in [1.54, 1.807) is 0 Å². The molecule has 0 aliphatic carbocycles. The minimum absolute atomic E-state index is 0.141. The monoisotopic (exact) mass is 185 g/mol. The van der Waals surface area contributed by atoms with Gasteiger partial charge in [0.25, 0.3) is 0 Å². The quantitative estimate of drug-likeness (QED) is 0.638. The molecule has 4 nitrogen and oxygen atoms in total. The highest BCUT2D eigenvalue weighted by molar-refractivity contribution is 5.69. The molecule has 0 aromatic carbocycles. The van der Waals surface area contributed by atoms with Gasteiger partial charge in [0.2, 0.25) is 0 Å². The Labute approximate surface area is 77.2 Å². The number of piperidine rings is 1. The average molecular weight is 185 g/mol. The van der Waals surface area contributed by atoms with Gasteiger partial charge in [-0.3, -0.25) is 9.69 Å². The van der Waals surface area contributed by atoms with Gasteiger partial charge in [-0.1, -0.05) is 0 Å². The molecule has 0 unspecified atom stereocenters. The third kappa shape index (κ3) is 1.69. The maximum Gasteiger partial charge on any atom is 0.317 e. The van der Waals surface area contributed by atoms with Gasteiger partial charge in [0.05, 0.1) is 12.6 Å². The van der Waals surface area contributed by atoms with Crippen LogP contribution in [0.3, 0.4) is 0 Å². The topological polar surface area (TPSA) is 60.8 Å². The SMILES string of the molecule is O=C(O)CN1[C@@H]2CC[C@@H]1CC(O)C2. The Morgan fingerprint density at radius 1 is 1.31 bits per heavy atom. The van der Waals surface area contributed by atoms with Crippen LogP contribution < -0.4 is 0 Å². The molecule has 0 saturated carbocycles. The molecule has 2 fully saturated rings. The molecule has 4 heteroatoms. The maximum absolute atomic E-state index is 10.6. The van der Waals surface area contributed by atoms with E-state index >= 15 is 0 Å². The first-order valence-electron chi connectivity index (χ1n) is 4.82. The Bertz CT molecular complexity index is 205. The van der Waals surface area contributed by atoms with Gasteiger partial charge >= 0.3 is 5.97 Å². The summed E-state index contributed by atoms with van der Waals surface area (Å²) in [5.74, 6) is -0.756. The van der Waals surface area contributed by atoms with E-state index in [1.807, 2.05) is 4.90 Å². The van der Waals surface area contributed by atoms with Gasteiger partial charge in [-0.2, -0.15) is 0 Å². The molecule has 2 N–H and O–H groups in total. The lowest BCUT2D eigenvalue weighted by molar-refractivity contribution is -0.140. The summed E-state index contributed by atoms with van der Waals surface area (Å²) in [5, 5.41) is 18.2. The van der Waals surface area contributed by atoms with E-state index < -0.39 is 5.97 Å². The van der Waals surface area contributed by atoms with Crippen LogP contribution in [0.25, 0.3) is 0 Å². The third-order valence-corrected chi connectivity index (χ3v) is 3.18. The Balaban J connectivity index is 2.02. The first kappa shape index (κ1) is 8.97. The van der Waals surface area contributed by atoms with Crippen molar-refractivity contribution in [2.45, 2.75) is 43.9 Å². The number of aliphatic hydroxyl groups is 1. The van der Waals surface area contributed by atoms with E-state index in [9.17, 15) is 9.90 Å². The second-order valence-corrected chi connectivity index (χ2v) is 4.08. The molecule has 0 radical (unpaired) electrons. The fourth-order valence-electron chi connectivity index (χ4n) is 2.66. The van der Waals surface area contributed by atoms with Crippen LogP contribution >= 0.6 is 0 Å². The highest BCUT2D eigenvalue weighted by Gasteiger charge is 2.40. The van der Waals surface area contributed by atoms with Crippen LogP contribution in [0.4, 0.5) is 0 Å². The fourth-order valence-corrected chi connectivity index (χ4v) is 2.66. The summed E-state index contributed by atoms with van der Waals surface area (Å²) < 4.78 is 0. The Morgan fingerprint density at radius 2 is 1.85 bits per heavy atom. The molecule has 2 heterocycles. The molecule has 2 aliphatic heterocycles. The Morgan fingerprint density at radius 3 is 2.31 bits per heavy atom. The van der Waals surface area contributed by atoms with E-state index in [4.69, 9.17) is 5.11 Å². The number of hydrogen-bond acceptors (Lipinski definition) is 3. The molecule has 2 rings (SSSR count). The molecule has 0 aromatic rings. The minimum Gasteiger partial charge on any atom is -0.480 e. The molecule has 2 saturated heterocycles. The first-order chi connectivity index (χ1) is 6.16. The Kier molecular flexibility index (Phi) is 2.26. The summed E-state index contributed by atoms with van der Waals surface area (Å²) in [4.78, 5) is 12.6. The summed E-state index contributed by atoms with van der Waals surface area (Å²) >= 11 is 0. The zero-order chi connectivity index (χ0) is 9.42. The highest BCUT2D eigenvalue weighted by Crippen LogP contribution is 2.35. The van der Waals surface area contributed by atoms with Gasteiger partial charge in [-0.15, -0.1) is 0 Å². The highest BCUT2D eigenvalue weighted by atomic mass is 16.4. The number of rotatable bonds is 2. The lowest BCUT2D eigenvalue weighted by Gasteiger charge is -2.35. The van der Waals surface area contributed by atoms with Crippen molar-refractivity contribution >= 4 is 5.97 Å². The largest absolute Gasteiger partial charge is 0.480 e. The molecule has 2 atom stereocenters. The smallest absolute Gasteiger partial charge is 0.317 e. The van der Waals surface area contributed by atoms with Crippen molar-refractivity contribution in [1.29, 1.82) is 0 Å². The van der Waals surface area contributed by atoms with Crippen LogP contribution in [0.5, 0.6) is 0 Å². The summed E-state index contributed by atoms with van der Waals surface area (Å²) in [6.45, 7) is 0.141. The van der Waals surface area contributed by atoms with Crippen molar-refractivity contribution in [2.24, 2.45) is 0 Å². The molecule has 13 heavy (non-hydrogen) atoms. The number of carboxylic acids is 1. The lowest BCUT2D eigenvalue weighted by atomic mass is 10.00. The molecule has 0 aromatic heterocycles. The van der Waals surface area contributed by atoms with Crippen molar-refractivity contribution < 1.29 is 15.0 Å². The van der Waals surface area contributed by atoms with Crippen molar-refractivity contribution in [3.05, 3.63) is 0 Å². The molecule has 2 aliphatic rings. The normalized spacial score (nSPS) is 39.3. The molecule has 0 spiro atoms. The fraction of sp³-hybridized carbons (Fsp3) is 0.889. The zero-order valence-electron chi connectivity index (χ0n) is 7.52. The predicted octanol–water partition coefficient (Wildman–Crippen LogP) is 0.0587. The maximum atomic E-state index is 10.6. The van der Waals surface area contributed by atoms with Gasteiger partial charge in [-0.25, -0.2) is 0 Å². The van der Waals surface area contributed by atoms with E-state index in [0.717, 1.165) is 25.7 Å². The van der Waals surface area contributed by atoms with Gasteiger partial charge < -0.3 is 10.2 Å². The number of carbonyl (C=O) groups is 1. The number of nitrogens with zero attached hydrogens (tertiary/aromatic N) is 1. The van der Waals surface area contributed by atoms with Crippen LogP contribution in [-0.4, -0.2) is 45.8 Å². The van der Waals surface area contributed by atoms with Crippen LogP contribution in [0.15, 0.2) is 0 Å². The van der Waals surface area contributed by atoms with Crippen LogP contribution in [0.2, 0.25) is 0 Å². The minimum atomic E-state index is -0.756. The first-order valence-corrected chi connectivity index (χ1v) is 4.82. The number of aliphatic hydroxyl groups excluding tert-OH is 1. The van der Waals surface area contributed by atoms with E-state index in [1.165, 1.54) is 0 Å². The van der Waals surface area contributed by atoms with Gasteiger partial charge in [0, 0.05) is 12.1 Å². The van der Waals surface area contributed by atoms with E-state index in [0.29, 0.717) is 12.1 Å². The van der Waals surface area contributed by atoms with Crippen LogP contribution in [0, 0.1) is 0 Å². The van der Waals surface area contributed by atoms with Crippen LogP contribution in [-0.2, 0) is 4.79 Å². The van der Waals surface area contributed by atoms with Crippen molar-refractivity contribution in [2.75, 3.05) is 6.54 Å². The Hall–Kier alpha value is -0.610. The summed E-state index contributed by atoms with van der Waals surface area (Å²) in [7, 11) is 0. The second kappa shape index (κ2) is 3.27. The zero-order valence-corrected chi connectivity index (χ0v) is 7.52. The summed E-state index contributed by atoms with van der Waals surface area (Å²) in [6, 6.07) is 0.620. The summed E-state index contributed by atoms with van der Waals surface area (Å²) in [5.41, 5.74) is 0. The molecule has 0 amide bonds. The number of hydrogen-bond donors (Lipinski definition) is 2. The van der Waals surface area contributed by atoms with Crippen molar-refractivity contribution in [3.63, 3.8) is 0 Å². The van der Waals surface area contributed by atoms with Gasteiger partial charge in [0.15, 0.2) is 0 Å². The van der Waals surface area contributed by atoms with Crippen molar-refractivity contribution in [1.82, 2.24) is 4.90 Å². The third-order valence-electron chi connectivity index (χ3n) is 3.18. The number of fused-ring (bicyclic) bond motifs is 2. The average Bonchev–Trinajstić information content (AvgIpc) is 2.32. The lowest BCUT2D eigenvalue weighted by Crippen LogP contribution is -2.46. The van der Waals surface area contributed by atoms with E-state index in [2.05, 4.69) is 0 Å².